The summed E-state index contributed by atoms with van der Waals surface area (Å²) in [5.74, 6) is -56.9. The second-order valence-electron chi connectivity index (χ2n) is 15.9. The zero-order valence-electron chi connectivity index (χ0n) is 38.2. The normalized spacial score (nSPS) is 14.9. The summed E-state index contributed by atoms with van der Waals surface area (Å²) in [7, 11) is -1.26. The van der Waals surface area contributed by atoms with Gasteiger partial charge in [0.2, 0.25) is 0 Å². The SMILES string of the molecule is CCOC(=O)/C=C/C=C/C[C@H](OC)[C@@H](OC(=O)Nc1ccc(OC)cc1)c1ccc(OCCO[Si](CCC(F)(F)C(F)(F)C(F)(F)C(F)(F)C(F)(F)C(F)(F)C(F)(F)C(F)(F)F)(C(C)C)C(C)C)cc1. The van der Waals surface area contributed by atoms with Gasteiger partial charge in [-0.1, -0.05) is 58.1 Å². The van der Waals surface area contributed by atoms with Gasteiger partial charge in [0.15, 0.2) is 14.4 Å². The Morgan fingerprint density at radius 2 is 1.16 bits per heavy atom. The molecule has 2 aromatic carbocycles. The predicted octanol–water partition coefficient (Wildman–Crippen LogP) is 13.6. The molecule has 0 aromatic heterocycles. The van der Waals surface area contributed by atoms with Gasteiger partial charge in [0.1, 0.15) is 24.2 Å². The number of hydrogen-bond acceptors (Lipinski definition) is 8. The zero-order chi connectivity index (χ0) is 54.0. The number of methoxy groups -OCH3 is 2. The lowest BCUT2D eigenvalue weighted by molar-refractivity contribution is -0.461. The molecule has 2 rings (SSSR count). The highest BCUT2D eigenvalue weighted by Crippen LogP contribution is 2.64. The van der Waals surface area contributed by atoms with E-state index in [0.717, 1.165) is 0 Å². The monoisotopic (exact) mass is 1060 g/mol. The van der Waals surface area contributed by atoms with E-state index in [0.29, 0.717) is 17.0 Å². The van der Waals surface area contributed by atoms with Crippen LogP contribution >= 0.6 is 0 Å². The molecule has 0 bridgehead atoms. The number of benzene rings is 2. The van der Waals surface area contributed by atoms with Gasteiger partial charge in [-0.3, -0.25) is 5.32 Å². The van der Waals surface area contributed by atoms with Crippen LogP contribution in [0.25, 0.3) is 0 Å². The molecule has 2 aromatic rings. The maximum Gasteiger partial charge on any atom is 0.460 e. The summed E-state index contributed by atoms with van der Waals surface area (Å²) in [6.45, 7) is 6.05. The third-order valence-electron chi connectivity index (χ3n) is 10.8. The van der Waals surface area contributed by atoms with Crippen LogP contribution < -0.4 is 14.8 Å². The van der Waals surface area contributed by atoms with Gasteiger partial charge in [0, 0.05) is 25.3 Å². The molecule has 0 aliphatic heterocycles. The Kier molecular flexibility index (Phi) is 20.7. The number of rotatable bonds is 27. The van der Waals surface area contributed by atoms with Crippen LogP contribution in [0.1, 0.15) is 59.1 Å². The Balaban J connectivity index is 2.33. The Labute approximate surface area is 391 Å². The first-order valence-electron chi connectivity index (χ1n) is 20.7. The quantitative estimate of drug-likeness (QED) is 0.0236. The van der Waals surface area contributed by atoms with Crippen molar-refractivity contribution < 1.29 is 112 Å². The Hall–Kier alpha value is -4.79. The van der Waals surface area contributed by atoms with Gasteiger partial charge in [-0.2, -0.15) is 74.6 Å². The lowest BCUT2D eigenvalue weighted by atomic mass is 9.88. The van der Waals surface area contributed by atoms with Crippen LogP contribution in [0.3, 0.4) is 0 Å². The third kappa shape index (κ3) is 13.2. The number of hydrogen-bond donors (Lipinski definition) is 1. The van der Waals surface area contributed by atoms with Gasteiger partial charge in [-0.05, 0) is 72.4 Å². The lowest BCUT2D eigenvalue weighted by Crippen LogP contribution is -2.74. The van der Waals surface area contributed by atoms with Crippen molar-refractivity contribution in [3.63, 3.8) is 0 Å². The fourth-order valence-corrected chi connectivity index (χ4v) is 11.2. The van der Waals surface area contributed by atoms with Gasteiger partial charge in [-0.25, -0.2) is 9.59 Å². The van der Waals surface area contributed by atoms with Gasteiger partial charge in [0.25, 0.3) is 0 Å². The molecule has 0 radical (unpaired) electrons. The van der Waals surface area contributed by atoms with Crippen LogP contribution in [-0.4, -0.2) is 108 Å². The van der Waals surface area contributed by atoms with Crippen molar-refractivity contribution in [1.82, 2.24) is 0 Å². The van der Waals surface area contributed by atoms with Gasteiger partial charge >= 0.3 is 59.7 Å². The second-order valence-corrected chi connectivity index (χ2v) is 20.9. The molecule has 9 nitrogen and oxygen atoms in total. The van der Waals surface area contributed by atoms with Crippen LogP contribution in [0.15, 0.2) is 72.8 Å². The van der Waals surface area contributed by atoms with E-state index in [9.17, 15) is 75.4 Å². The molecule has 0 saturated heterocycles. The fourth-order valence-electron chi connectivity index (χ4n) is 6.75. The molecule has 0 aliphatic rings. The molecule has 2 atom stereocenters. The van der Waals surface area contributed by atoms with E-state index in [-0.39, 0.29) is 18.8 Å². The first kappa shape index (κ1) is 61.3. The molecule has 0 heterocycles. The van der Waals surface area contributed by atoms with Crippen molar-refractivity contribution in [2.45, 2.75) is 124 Å². The van der Waals surface area contributed by atoms with Gasteiger partial charge in [-0.15, -0.1) is 0 Å². The number of esters is 1. The molecule has 0 saturated carbocycles. The number of nitrogens with one attached hydrogen (secondary N) is 1. The van der Waals surface area contributed by atoms with E-state index < -0.39 is 117 Å². The van der Waals surface area contributed by atoms with Crippen LogP contribution in [0.4, 0.5) is 85.1 Å². The highest BCUT2D eigenvalue weighted by Gasteiger charge is 2.95. The number of carbonyl (C=O) groups excluding carboxylic acids is 2. The minimum absolute atomic E-state index is 0.0952. The van der Waals surface area contributed by atoms with Crippen molar-refractivity contribution in [2.24, 2.45) is 0 Å². The molecule has 70 heavy (non-hydrogen) atoms. The summed E-state index contributed by atoms with van der Waals surface area (Å²) in [6.07, 6.45) is -7.46. The predicted molar refractivity (Wildman–Crippen MR) is 220 cm³/mol. The first-order valence-corrected chi connectivity index (χ1v) is 23.0. The Morgan fingerprint density at radius 1 is 0.657 bits per heavy atom. The summed E-state index contributed by atoms with van der Waals surface area (Å²) >= 11 is 0. The van der Waals surface area contributed by atoms with E-state index in [4.69, 9.17) is 28.1 Å². The minimum atomic E-state index is -8.71. The van der Waals surface area contributed by atoms with Crippen LogP contribution in [0.5, 0.6) is 11.5 Å². The molecule has 27 heteroatoms. The molecule has 398 valence electrons. The minimum Gasteiger partial charge on any atom is -0.497 e. The standard InChI is InChI=1S/C43H50F17NO8Si/c1-8-66-33(62)13-11-9-10-12-32(65-7)34(69-35(63)61-29-16-20-30(64-6)21-17-29)28-14-18-31(19-15-28)67-23-24-68-70(26(2)3,27(4)5)25-22-36(44,45)37(46,47)38(48,49)39(50,51)40(52,53)41(54,55)42(56,57)43(58,59)60/h9-11,13-21,26-27,32,34H,8,12,22-25H2,1-7H3,(H,61,63)/b10-9+,13-11+/t32-,34-/m0/s1. The topological polar surface area (TPSA) is 102 Å². The van der Waals surface area contributed by atoms with Crippen molar-refractivity contribution in [3.8, 4) is 11.5 Å². The first-order chi connectivity index (χ1) is 32.0. The molecule has 0 aliphatic carbocycles. The number of allylic oxidation sites excluding steroid dienone is 2. The number of ether oxygens (including phenoxy) is 5. The summed E-state index contributed by atoms with van der Waals surface area (Å²) in [6, 6.07) is 10.6. The maximum atomic E-state index is 15.1. The highest BCUT2D eigenvalue weighted by molar-refractivity contribution is 6.76. The molecular formula is C43H50F17NO8Si. The molecule has 0 unspecified atom stereocenters. The van der Waals surface area contributed by atoms with Crippen LogP contribution in [0, 0.1) is 0 Å². The molecule has 0 fully saturated rings. The maximum absolute atomic E-state index is 15.1. The number of carbonyl (C=O) groups is 2. The molecule has 1 N–H and O–H groups in total. The highest BCUT2D eigenvalue weighted by atomic mass is 28.4. The van der Waals surface area contributed by atoms with Gasteiger partial charge in [0.05, 0.1) is 20.3 Å². The lowest BCUT2D eigenvalue weighted by Gasteiger charge is -2.44. The zero-order valence-corrected chi connectivity index (χ0v) is 39.2. The number of halogens is 17. The summed E-state index contributed by atoms with van der Waals surface area (Å²) in [5, 5.41) is 2.57. The summed E-state index contributed by atoms with van der Waals surface area (Å²) < 4.78 is 269. The van der Waals surface area contributed by atoms with Crippen molar-refractivity contribution in [1.29, 1.82) is 0 Å². The Bertz CT molecular complexity index is 2040. The molecule has 0 spiro atoms. The van der Waals surface area contributed by atoms with E-state index in [2.05, 4.69) is 5.32 Å². The van der Waals surface area contributed by atoms with Gasteiger partial charge < -0.3 is 28.1 Å². The van der Waals surface area contributed by atoms with E-state index in [1.807, 2.05) is 0 Å². The van der Waals surface area contributed by atoms with E-state index >= 15 is 8.78 Å². The van der Waals surface area contributed by atoms with Crippen molar-refractivity contribution >= 4 is 26.1 Å². The third-order valence-corrected chi connectivity index (χ3v) is 16.5. The van der Waals surface area contributed by atoms with Crippen molar-refractivity contribution in [2.75, 3.05) is 39.4 Å². The average molecular weight is 1060 g/mol. The van der Waals surface area contributed by atoms with E-state index in [1.54, 1.807) is 25.1 Å². The largest absolute Gasteiger partial charge is 0.497 e. The summed E-state index contributed by atoms with van der Waals surface area (Å²) in [5.41, 5.74) is -1.12. The summed E-state index contributed by atoms with van der Waals surface area (Å²) in [4.78, 5) is 24.7. The number of anilines is 1. The van der Waals surface area contributed by atoms with E-state index in [1.165, 1.54) is 96.5 Å². The van der Waals surface area contributed by atoms with Crippen LogP contribution in [-0.2, 0) is 23.4 Å². The number of alkyl halides is 17. The Morgan fingerprint density at radius 3 is 1.63 bits per heavy atom. The molecular weight excluding hydrogens is 1010 g/mol. The second kappa shape index (κ2) is 23.6. The van der Waals surface area contributed by atoms with Crippen molar-refractivity contribution in [3.05, 3.63) is 78.4 Å². The van der Waals surface area contributed by atoms with Crippen LogP contribution in [0.2, 0.25) is 17.1 Å². The fraction of sp³-hybridized carbons (Fsp3) is 0.581. The average Bonchev–Trinajstić information content (AvgIpc) is 3.26. The molecule has 1 amide bonds. The number of amides is 1. The smallest absolute Gasteiger partial charge is 0.460 e.